The molecule has 0 radical (unpaired) electrons. The minimum atomic E-state index is -1.08. The summed E-state index contributed by atoms with van der Waals surface area (Å²) in [5.74, 6) is 0.661. The molecule has 5 nitrogen and oxygen atoms in total. The van der Waals surface area contributed by atoms with Crippen molar-refractivity contribution in [3.8, 4) is 0 Å². The van der Waals surface area contributed by atoms with E-state index in [1.807, 2.05) is 30.3 Å². The molecule has 0 unspecified atom stereocenters. The molecule has 0 amide bonds. The third-order valence-corrected chi connectivity index (χ3v) is 3.62. The fraction of sp³-hybridized carbons (Fsp3) is 0.214. The van der Waals surface area contributed by atoms with Crippen molar-refractivity contribution in [3.63, 3.8) is 0 Å². The first-order valence-electron chi connectivity index (χ1n) is 6.15. The molecular weight excluding hydrogens is 274 g/mol. The lowest BCUT2D eigenvalue weighted by atomic mass is 10.1. The van der Waals surface area contributed by atoms with Gasteiger partial charge in [-0.1, -0.05) is 24.3 Å². The SMILES string of the molecule is C=CCSCCNc1c(C(=O)O)nnc2ccccc12. The number of hydrogen-bond acceptors (Lipinski definition) is 5. The number of carboxylic acid groups (broad SMARTS) is 1. The van der Waals surface area contributed by atoms with Crippen molar-refractivity contribution in [1.29, 1.82) is 0 Å². The second-order valence-electron chi connectivity index (χ2n) is 4.04. The second-order valence-corrected chi connectivity index (χ2v) is 5.19. The average molecular weight is 289 g/mol. The van der Waals surface area contributed by atoms with E-state index in [1.165, 1.54) is 0 Å². The number of nitrogens with zero attached hydrogens (tertiary/aromatic N) is 2. The fourth-order valence-electron chi connectivity index (χ4n) is 1.80. The van der Waals surface area contributed by atoms with Crippen LogP contribution in [-0.4, -0.2) is 39.3 Å². The molecule has 1 aromatic carbocycles. The van der Waals surface area contributed by atoms with Crippen LogP contribution in [0.15, 0.2) is 36.9 Å². The van der Waals surface area contributed by atoms with Crippen LogP contribution in [0.1, 0.15) is 10.5 Å². The molecule has 6 heteroatoms. The molecular formula is C14H15N3O2S. The molecule has 1 aromatic heterocycles. The second kappa shape index (κ2) is 6.91. The van der Waals surface area contributed by atoms with E-state index in [4.69, 9.17) is 0 Å². The first-order chi connectivity index (χ1) is 9.74. The Balaban J connectivity index is 2.25. The van der Waals surface area contributed by atoms with Crippen molar-refractivity contribution < 1.29 is 9.90 Å². The minimum Gasteiger partial charge on any atom is -0.476 e. The first kappa shape index (κ1) is 14.3. The molecule has 0 bridgehead atoms. The molecule has 0 saturated carbocycles. The summed E-state index contributed by atoms with van der Waals surface area (Å²) < 4.78 is 0. The summed E-state index contributed by atoms with van der Waals surface area (Å²) in [5, 5.41) is 20.9. The molecule has 0 spiro atoms. The lowest BCUT2D eigenvalue weighted by molar-refractivity contribution is 0.0690. The van der Waals surface area contributed by atoms with Gasteiger partial charge in [-0.05, 0) is 6.07 Å². The monoisotopic (exact) mass is 289 g/mol. The van der Waals surface area contributed by atoms with Crippen LogP contribution in [-0.2, 0) is 0 Å². The van der Waals surface area contributed by atoms with E-state index in [-0.39, 0.29) is 5.69 Å². The molecule has 1 heterocycles. The van der Waals surface area contributed by atoms with Gasteiger partial charge in [-0.2, -0.15) is 11.8 Å². The quantitative estimate of drug-likeness (QED) is 0.603. The average Bonchev–Trinajstić information content (AvgIpc) is 2.46. The largest absolute Gasteiger partial charge is 0.476 e. The summed E-state index contributed by atoms with van der Waals surface area (Å²) in [7, 11) is 0. The molecule has 2 aromatic rings. The van der Waals surface area contributed by atoms with Crippen LogP contribution >= 0.6 is 11.8 Å². The fourth-order valence-corrected chi connectivity index (χ4v) is 2.38. The molecule has 20 heavy (non-hydrogen) atoms. The third kappa shape index (κ3) is 3.27. The summed E-state index contributed by atoms with van der Waals surface area (Å²) in [5.41, 5.74) is 1.17. The summed E-state index contributed by atoms with van der Waals surface area (Å²) in [6.45, 7) is 4.32. The number of aromatic nitrogens is 2. The Bertz CT molecular complexity index is 631. The maximum absolute atomic E-state index is 11.2. The number of anilines is 1. The number of hydrogen-bond donors (Lipinski definition) is 2. The topological polar surface area (TPSA) is 75.1 Å². The highest BCUT2D eigenvalue weighted by Crippen LogP contribution is 2.24. The highest BCUT2D eigenvalue weighted by atomic mass is 32.2. The van der Waals surface area contributed by atoms with Crippen LogP contribution in [0.4, 0.5) is 5.69 Å². The van der Waals surface area contributed by atoms with E-state index in [9.17, 15) is 9.90 Å². The van der Waals surface area contributed by atoms with Crippen LogP contribution in [0, 0.1) is 0 Å². The summed E-state index contributed by atoms with van der Waals surface area (Å²) in [4.78, 5) is 11.2. The van der Waals surface area contributed by atoms with Gasteiger partial charge in [-0.15, -0.1) is 16.8 Å². The van der Waals surface area contributed by atoms with E-state index in [2.05, 4.69) is 22.1 Å². The molecule has 2 rings (SSSR count). The predicted octanol–water partition coefficient (Wildman–Crippen LogP) is 2.66. The molecule has 0 saturated heterocycles. The zero-order chi connectivity index (χ0) is 14.4. The van der Waals surface area contributed by atoms with Crippen molar-refractivity contribution >= 4 is 34.3 Å². The molecule has 0 fully saturated rings. The van der Waals surface area contributed by atoms with Crippen molar-refractivity contribution in [3.05, 3.63) is 42.6 Å². The highest BCUT2D eigenvalue weighted by Gasteiger charge is 2.15. The van der Waals surface area contributed by atoms with Crippen LogP contribution in [0.2, 0.25) is 0 Å². The van der Waals surface area contributed by atoms with Gasteiger partial charge in [0, 0.05) is 23.4 Å². The Morgan fingerprint density at radius 2 is 2.20 bits per heavy atom. The molecule has 0 aliphatic rings. The van der Waals surface area contributed by atoms with Crippen molar-refractivity contribution in [2.24, 2.45) is 0 Å². The summed E-state index contributed by atoms with van der Waals surface area (Å²) in [6.07, 6.45) is 1.84. The summed E-state index contributed by atoms with van der Waals surface area (Å²) in [6, 6.07) is 7.36. The summed E-state index contributed by atoms with van der Waals surface area (Å²) >= 11 is 1.73. The maximum atomic E-state index is 11.2. The van der Waals surface area contributed by atoms with Gasteiger partial charge in [0.05, 0.1) is 11.2 Å². The first-order valence-corrected chi connectivity index (χ1v) is 7.30. The zero-order valence-corrected chi connectivity index (χ0v) is 11.7. The van der Waals surface area contributed by atoms with Crippen molar-refractivity contribution in [2.75, 3.05) is 23.4 Å². The Labute approximate surface area is 121 Å². The van der Waals surface area contributed by atoms with Gasteiger partial charge in [0.25, 0.3) is 0 Å². The standard InChI is InChI=1S/C14H15N3O2S/c1-2-8-20-9-7-15-12-10-5-3-4-6-11(10)16-17-13(12)14(18)19/h2-6H,1,7-9H2,(H,15,16)(H,18,19). The molecule has 0 aliphatic carbocycles. The Hall–Kier alpha value is -2.08. The van der Waals surface area contributed by atoms with Gasteiger partial charge in [0.1, 0.15) is 0 Å². The van der Waals surface area contributed by atoms with E-state index in [0.717, 1.165) is 16.9 Å². The number of fused-ring (bicyclic) bond motifs is 1. The number of carbonyl (C=O) groups is 1. The molecule has 0 aliphatic heterocycles. The molecule has 0 atom stereocenters. The van der Waals surface area contributed by atoms with E-state index in [1.54, 1.807) is 11.8 Å². The predicted molar refractivity (Wildman–Crippen MR) is 82.5 cm³/mol. The number of benzene rings is 1. The van der Waals surface area contributed by atoms with Gasteiger partial charge in [-0.3, -0.25) is 0 Å². The number of aromatic carboxylic acids is 1. The van der Waals surface area contributed by atoms with Gasteiger partial charge >= 0.3 is 5.97 Å². The maximum Gasteiger partial charge on any atom is 0.358 e. The smallest absolute Gasteiger partial charge is 0.358 e. The van der Waals surface area contributed by atoms with Crippen molar-refractivity contribution in [1.82, 2.24) is 10.2 Å². The molecule has 2 N–H and O–H groups in total. The van der Waals surface area contributed by atoms with E-state index < -0.39 is 5.97 Å². The number of thioether (sulfide) groups is 1. The normalized spacial score (nSPS) is 10.4. The van der Waals surface area contributed by atoms with E-state index in [0.29, 0.717) is 17.7 Å². The number of rotatable bonds is 7. The minimum absolute atomic E-state index is 0.0441. The third-order valence-electron chi connectivity index (χ3n) is 2.65. The lowest BCUT2D eigenvalue weighted by Gasteiger charge is -2.11. The zero-order valence-electron chi connectivity index (χ0n) is 10.9. The van der Waals surface area contributed by atoms with Crippen molar-refractivity contribution in [2.45, 2.75) is 0 Å². The number of nitrogens with one attached hydrogen (secondary N) is 1. The number of carboxylic acids is 1. The van der Waals surface area contributed by atoms with E-state index >= 15 is 0 Å². The van der Waals surface area contributed by atoms with Crippen LogP contribution in [0.25, 0.3) is 10.9 Å². The Morgan fingerprint density at radius 1 is 1.40 bits per heavy atom. The van der Waals surface area contributed by atoms with Gasteiger partial charge in [0.15, 0.2) is 5.69 Å². The van der Waals surface area contributed by atoms with Crippen LogP contribution in [0.3, 0.4) is 0 Å². The van der Waals surface area contributed by atoms with Gasteiger partial charge in [-0.25, -0.2) is 4.79 Å². The highest BCUT2D eigenvalue weighted by molar-refractivity contribution is 7.99. The van der Waals surface area contributed by atoms with Crippen LogP contribution < -0.4 is 5.32 Å². The molecule has 104 valence electrons. The Kier molecular flexibility index (Phi) is 4.95. The Morgan fingerprint density at radius 3 is 2.95 bits per heavy atom. The van der Waals surface area contributed by atoms with Gasteiger partial charge in [0.2, 0.25) is 0 Å². The lowest BCUT2D eigenvalue weighted by Crippen LogP contribution is -2.12. The van der Waals surface area contributed by atoms with Crippen LogP contribution in [0.5, 0.6) is 0 Å². The van der Waals surface area contributed by atoms with Gasteiger partial charge < -0.3 is 10.4 Å².